The van der Waals surface area contributed by atoms with Gasteiger partial charge < -0.3 is 13.6 Å². The highest BCUT2D eigenvalue weighted by atomic mass is 28.4. The largest absolute Gasteiger partial charge is 0.466 e. The van der Waals surface area contributed by atoms with Gasteiger partial charge >= 0.3 is 5.97 Å². The number of hydrogen-bond donors (Lipinski definition) is 0. The average molecular weight is 399 g/mol. The van der Waals surface area contributed by atoms with Crippen molar-refractivity contribution >= 4 is 22.6 Å². The summed E-state index contributed by atoms with van der Waals surface area (Å²) >= 11 is 0. The molecular formula is C20H38O4Si2. The molecule has 0 spiro atoms. The first-order valence-electron chi connectivity index (χ1n) is 9.36. The number of allylic oxidation sites excluding steroid dienone is 2. The maximum absolute atomic E-state index is 12.4. The molecule has 0 aromatic heterocycles. The number of ether oxygens (including phenoxy) is 1. The molecule has 0 radical (unpaired) electrons. The number of carbonyl (C=O) groups is 1. The van der Waals surface area contributed by atoms with Crippen molar-refractivity contribution in [3.8, 4) is 0 Å². The summed E-state index contributed by atoms with van der Waals surface area (Å²) in [5.74, 6) is -0.345. The van der Waals surface area contributed by atoms with Crippen molar-refractivity contribution < 1.29 is 18.4 Å². The van der Waals surface area contributed by atoms with E-state index in [2.05, 4.69) is 67.7 Å². The molecule has 0 N–H and O–H groups in total. The minimum atomic E-state index is -2.10. The van der Waals surface area contributed by atoms with Crippen molar-refractivity contribution in [2.24, 2.45) is 0 Å². The van der Waals surface area contributed by atoms with Gasteiger partial charge in [-0.1, -0.05) is 53.7 Å². The standard InChI is InChI=1S/C20H38O4Si2/c1-19(2,3)25(8,9)23-16-14-12-13-15(18(21)22-7)17(16)24-26(10,11)20(4,5)6/h12-14,16-17H,1-11H3/t16-,17+/m0/s1. The van der Waals surface area contributed by atoms with Crippen LogP contribution in [-0.2, 0) is 18.4 Å². The molecule has 0 amide bonds. The molecule has 1 aliphatic rings. The second-order valence-corrected chi connectivity index (χ2v) is 19.7. The lowest BCUT2D eigenvalue weighted by Gasteiger charge is -2.45. The Labute approximate surface area is 162 Å². The van der Waals surface area contributed by atoms with E-state index in [4.69, 9.17) is 13.6 Å². The first-order chi connectivity index (χ1) is 11.5. The Morgan fingerprint density at radius 1 is 0.923 bits per heavy atom. The first-order valence-corrected chi connectivity index (χ1v) is 15.2. The number of esters is 1. The van der Waals surface area contributed by atoms with Crippen molar-refractivity contribution in [3.63, 3.8) is 0 Å². The molecule has 0 aromatic rings. The Kier molecular flexibility index (Phi) is 6.95. The van der Waals surface area contributed by atoms with E-state index >= 15 is 0 Å². The van der Waals surface area contributed by atoms with Crippen molar-refractivity contribution in [2.75, 3.05) is 7.11 Å². The topological polar surface area (TPSA) is 44.8 Å². The number of rotatable bonds is 5. The van der Waals surface area contributed by atoms with Crippen molar-refractivity contribution in [3.05, 3.63) is 23.8 Å². The van der Waals surface area contributed by atoms with E-state index in [1.165, 1.54) is 7.11 Å². The third-order valence-electron chi connectivity index (χ3n) is 6.07. The van der Waals surface area contributed by atoms with Crippen LogP contribution in [-0.4, -0.2) is 41.9 Å². The van der Waals surface area contributed by atoms with Gasteiger partial charge in [0, 0.05) is 0 Å². The molecule has 0 aliphatic heterocycles. The van der Waals surface area contributed by atoms with Gasteiger partial charge in [0.05, 0.1) is 18.8 Å². The van der Waals surface area contributed by atoms with Gasteiger partial charge in [-0.25, -0.2) is 4.79 Å². The van der Waals surface area contributed by atoms with Crippen molar-refractivity contribution in [1.82, 2.24) is 0 Å². The minimum absolute atomic E-state index is 0.0386. The zero-order chi connectivity index (χ0) is 20.6. The van der Waals surface area contributed by atoms with Crippen molar-refractivity contribution in [1.29, 1.82) is 0 Å². The molecule has 1 aliphatic carbocycles. The predicted molar refractivity (Wildman–Crippen MR) is 113 cm³/mol. The Balaban J connectivity index is 3.26. The smallest absolute Gasteiger partial charge is 0.336 e. The van der Waals surface area contributed by atoms with E-state index in [-0.39, 0.29) is 22.1 Å². The lowest BCUT2D eigenvalue weighted by molar-refractivity contribution is -0.137. The molecule has 0 saturated heterocycles. The summed E-state index contributed by atoms with van der Waals surface area (Å²) in [4.78, 5) is 12.4. The summed E-state index contributed by atoms with van der Waals surface area (Å²) in [5, 5.41) is 0.117. The third kappa shape index (κ3) is 5.18. The Morgan fingerprint density at radius 3 is 1.81 bits per heavy atom. The molecule has 0 bridgehead atoms. The van der Waals surface area contributed by atoms with Gasteiger partial charge in [-0.3, -0.25) is 0 Å². The maximum atomic E-state index is 12.4. The molecule has 0 aromatic carbocycles. The summed E-state index contributed by atoms with van der Waals surface area (Å²) in [6, 6.07) is 0. The molecule has 26 heavy (non-hydrogen) atoms. The zero-order valence-corrected chi connectivity index (χ0v) is 20.5. The second-order valence-electron chi connectivity index (χ2n) is 10.1. The minimum Gasteiger partial charge on any atom is -0.466 e. The van der Waals surface area contributed by atoms with Crippen LogP contribution in [0.15, 0.2) is 23.8 Å². The van der Waals surface area contributed by atoms with Crippen LogP contribution >= 0.6 is 0 Å². The van der Waals surface area contributed by atoms with Gasteiger partial charge in [0.25, 0.3) is 0 Å². The summed E-state index contributed by atoms with van der Waals surface area (Å²) in [7, 11) is -2.72. The summed E-state index contributed by atoms with van der Waals surface area (Å²) in [5.41, 5.74) is 0.545. The highest BCUT2D eigenvalue weighted by molar-refractivity contribution is 6.74. The van der Waals surface area contributed by atoms with Gasteiger partial charge in [0.2, 0.25) is 0 Å². The molecule has 150 valence electrons. The summed E-state index contributed by atoms with van der Waals surface area (Å²) < 4.78 is 18.3. The van der Waals surface area contributed by atoms with Gasteiger partial charge in [-0.15, -0.1) is 0 Å². The molecule has 2 atom stereocenters. The fourth-order valence-corrected chi connectivity index (χ4v) is 4.67. The molecule has 1 rings (SSSR count). The Hall–Kier alpha value is -0.696. The van der Waals surface area contributed by atoms with Crippen LogP contribution in [0, 0.1) is 0 Å². The molecular weight excluding hydrogens is 360 g/mol. The molecule has 0 heterocycles. The van der Waals surface area contributed by atoms with Crippen LogP contribution in [0.1, 0.15) is 41.5 Å². The summed E-state index contributed by atoms with van der Waals surface area (Å²) in [6.07, 6.45) is 5.00. The van der Waals surface area contributed by atoms with E-state index in [1.807, 2.05) is 12.2 Å². The number of carbonyl (C=O) groups excluding carboxylic acids is 1. The van der Waals surface area contributed by atoms with Gasteiger partial charge in [0.15, 0.2) is 16.6 Å². The van der Waals surface area contributed by atoms with Crippen molar-refractivity contribution in [2.45, 2.75) is 90.0 Å². The predicted octanol–water partition coefficient (Wildman–Crippen LogP) is 5.44. The fourth-order valence-electron chi connectivity index (χ4n) is 2.19. The quantitative estimate of drug-likeness (QED) is 0.457. The van der Waals surface area contributed by atoms with E-state index in [1.54, 1.807) is 6.08 Å². The van der Waals surface area contributed by atoms with Gasteiger partial charge in [0.1, 0.15) is 6.10 Å². The van der Waals surface area contributed by atoms with Crippen LogP contribution < -0.4 is 0 Å². The van der Waals surface area contributed by atoms with E-state index < -0.39 is 22.7 Å². The molecule has 0 saturated carbocycles. The third-order valence-corrected chi connectivity index (χ3v) is 15.0. The van der Waals surface area contributed by atoms with Crippen LogP contribution in [0.25, 0.3) is 0 Å². The highest BCUT2D eigenvalue weighted by Gasteiger charge is 2.46. The summed E-state index contributed by atoms with van der Waals surface area (Å²) in [6.45, 7) is 22.1. The lowest BCUT2D eigenvalue weighted by atomic mass is 9.99. The van der Waals surface area contributed by atoms with E-state index in [0.29, 0.717) is 5.57 Å². The fraction of sp³-hybridized carbons (Fsp3) is 0.750. The highest BCUT2D eigenvalue weighted by Crippen LogP contribution is 2.42. The normalized spacial score (nSPS) is 22.2. The van der Waals surface area contributed by atoms with Crippen LogP contribution in [0.4, 0.5) is 0 Å². The Bertz CT molecular complexity index is 578. The monoisotopic (exact) mass is 398 g/mol. The van der Waals surface area contributed by atoms with Crippen LogP contribution in [0.5, 0.6) is 0 Å². The molecule has 6 heteroatoms. The molecule has 4 nitrogen and oxygen atoms in total. The maximum Gasteiger partial charge on any atom is 0.336 e. The Morgan fingerprint density at radius 2 is 1.38 bits per heavy atom. The lowest BCUT2D eigenvalue weighted by Crippen LogP contribution is -2.53. The first kappa shape index (κ1) is 23.3. The number of methoxy groups -OCH3 is 1. The molecule has 0 fully saturated rings. The van der Waals surface area contributed by atoms with E-state index in [0.717, 1.165) is 0 Å². The van der Waals surface area contributed by atoms with E-state index in [9.17, 15) is 4.79 Å². The zero-order valence-electron chi connectivity index (χ0n) is 18.5. The average Bonchev–Trinajstić information content (AvgIpc) is 2.45. The van der Waals surface area contributed by atoms with Crippen LogP contribution in [0.2, 0.25) is 36.3 Å². The van der Waals surface area contributed by atoms with Gasteiger partial charge in [-0.05, 0) is 42.3 Å². The second kappa shape index (κ2) is 7.74. The van der Waals surface area contributed by atoms with Crippen LogP contribution in [0.3, 0.4) is 0 Å². The molecule has 0 unspecified atom stereocenters. The number of hydrogen-bond acceptors (Lipinski definition) is 4. The van der Waals surface area contributed by atoms with Gasteiger partial charge in [-0.2, -0.15) is 0 Å². The SMILES string of the molecule is COC(=O)C1=CC=C[C@H](O[Si](C)(C)C(C)(C)C)[C@@H]1O[Si](C)(C)C(C)(C)C.